The zero-order chi connectivity index (χ0) is 16.0. The number of carbonyl (C=O) groups is 1. The van der Waals surface area contributed by atoms with E-state index in [4.69, 9.17) is 4.74 Å². The van der Waals surface area contributed by atoms with Gasteiger partial charge in [0.1, 0.15) is 0 Å². The van der Waals surface area contributed by atoms with E-state index in [9.17, 15) is 13.2 Å². The highest BCUT2D eigenvalue weighted by Gasteiger charge is 2.34. The number of hydrogen-bond acceptors (Lipinski definition) is 4. The topological polar surface area (TPSA) is 75.7 Å². The van der Waals surface area contributed by atoms with Gasteiger partial charge in [0.2, 0.25) is 15.9 Å². The van der Waals surface area contributed by atoms with Crippen molar-refractivity contribution in [3.8, 4) is 0 Å². The average Bonchev–Trinajstić information content (AvgIpc) is 2.47. The molecule has 22 heavy (non-hydrogen) atoms. The van der Waals surface area contributed by atoms with Gasteiger partial charge in [0.15, 0.2) is 0 Å². The minimum atomic E-state index is -3.52. The van der Waals surface area contributed by atoms with E-state index < -0.39 is 10.0 Å². The van der Waals surface area contributed by atoms with Crippen molar-refractivity contribution in [1.29, 1.82) is 0 Å². The Hall–Kier alpha value is -1.44. The highest BCUT2D eigenvalue weighted by atomic mass is 32.2. The summed E-state index contributed by atoms with van der Waals surface area (Å²) in [5.41, 5.74) is 1.18. The Morgan fingerprint density at radius 3 is 2.59 bits per heavy atom. The molecule has 3 rings (SSSR count). The van der Waals surface area contributed by atoms with Crippen LogP contribution >= 0.6 is 0 Å². The number of fused-ring (bicyclic) bond motifs is 1. The predicted octanol–water partition coefficient (Wildman–Crippen LogP) is 1.33. The maximum atomic E-state index is 12.7. The number of sulfonamides is 1. The van der Waals surface area contributed by atoms with Crippen LogP contribution in [0.25, 0.3) is 0 Å². The quantitative estimate of drug-likeness (QED) is 0.890. The van der Waals surface area contributed by atoms with E-state index >= 15 is 0 Å². The number of ether oxygens (including phenoxy) is 1. The molecule has 0 unspecified atom stereocenters. The lowest BCUT2D eigenvalue weighted by Gasteiger charge is -2.33. The number of nitrogens with zero attached hydrogens (tertiary/aromatic N) is 1. The predicted molar refractivity (Wildman–Crippen MR) is 82.3 cm³/mol. The molecule has 0 bridgehead atoms. The Balaban J connectivity index is 2.01. The number of anilines is 1. The number of morpholine rings is 1. The minimum Gasteiger partial charge on any atom is -0.379 e. The normalized spacial score (nSPS) is 22.0. The van der Waals surface area contributed by atoms with Crippen LogP contribution in [0.1, 0.15) is 25.8 Å². The molecule has 1 aromatic carbocycles. The third-order valence-corrected chi connectivity index (χ3v) is 6.10. The van der Waals surface area contributed by atoms with Crippen LogP contribution in [0.4, 0.5) is 5.69 Å². The van der Waals surface area contributed by atoms with Crippen molar-refractivity contribution in [2.24, 2.45) is 0 Å². The number of hydrogen-bond donors (Lipinski definition) is 1. The van der Waals surface area contributed by atoms with Gasteiger partial charge in [-0.1, -0.05) is 13.8 Å². The van der Waals surface area contributed by atoms with E-state index in [-0.39, 0.29) is 16.2 Å². The molecule has 0 spiro atoms. The van der Waals surface area contributed by atoms with Gasteiger partial charge in [-0.25, -0.2) is 8.42 Å². The highest BCUT2D eigenvalue weighted by Crippen LogP contribution is 2.38. The van der Waals surface area contributed by atoms with E-state index in [1.54, 1.807) is 18.2 Å². The number of benzene rings is 1. The van der Waals surface area contributed by atoms with Gasteiger partial charge in [0.25, 0.3) is 0 Å². The van der Waals surface area contributed by atoms with Gasteiger partial charge in [-0.15, -0.1) is 0 Å². The molecule has 0 atom stereocenters. The van der Waals surface area contributed by atoms with E-state index in [1.807, 2.05) is 13.8 Å². The lowest BCUT2D eigenvalue weighted by Crippen LogP contribution is -2.41. The summed E-state index contributed by atoms with van der Waals surface area (Å²) in [7, 11) is -3.52. The fraction of sp³-hybridized carbons (Fsp3) is 0.533. The number of nitrogens with one attached hydrogen (secondary N) is 1. The van der Waals surface area contributed by atoms with Crippen molar-refractivity contribution < 1.29 is 17.9 Å². The maximum Gasteiger partial charge on any atom is 0.243 e. The van der Waals surface area contributed by atoms with Gasteiger partial charge < -0.3 is 10.1 Å². The SMILES string of the molecule is CC1(C)CC(=O)Nc2ccc(S(=O)(=O)N3CCOCC3)cc21. The van der Waals surface area contributed by atoms with E-state index in [1.165, 1.54) is 4.31 Å². The van der Waals surface area contributed by atoms with Crippen LogP contribution < -0.4 is 5.32 Å². The van der Waals surface area contributed by atoms with Crippen molar-refractivity contribution in [3.05, 3.63) is 23.8 Å². The third-order valence-electron chi connectivity index (χ3n) is 4.20. The second-order valence-corrected chi connectivity index (χ2v) is 8.27. The molecular weight excluding hydrogens is 304 g/mol. The van der Waals surface area contributed by atoms with Gasteiger partial charge in [0.05, 0.1) is 18.1 Å². The Morgan fingerprint density at radius 1 is 1.23 bits per heavy atom. The van der Waals surface area contributed by atoms with Crippen LogP contribution in [0.3, 0.4) is 0 Å². The molecule has 2 aliphatic heterocycles. The number of amides is 1. The standard InChI is InChI=1S/C15H20N2O4S/c1-15(2)10-14(18)16-13-4-3-11(9-12(13)15)22(19,20)17-5-7-21-8-6-17/h3-4,9H,5-8,10H2,1-2H3,(H,16,18). The van der Waals surface area contributed by atoms with Gasteiger partial charge in [-0.05, 0) is 23.8 Å². The smallest absolute Gasteiger partial charge is 0.243 e. The van der Waals surface area contributed by atoms with Gasteiger partial charge in [-0.3, -0.25) is 4.79 Å². The number of carbonyl (C=O) groups excluding carboxylic acids is 1. The lowest BCUT2D eigenvalue weighted by molar-refractivity contribution is -0.117. The summed E-state index contributed by atoms with van der Waals surface area (Å²) >= 11 is 0. The Kier molecular flexibility index (Phi) is 3.74. The van der Waals surface area contributed by atoms with E-state index in [0.717, 1.165) is 5.56 Å². The molecule has 1 saturated heterocycles. The lowest BCUT2D eigenvalue weighted by atomic mass is 9.78. The Labute approximate surface area is 130 Å². The minimum absolute atomic E-state index is 0.0405. The monoisotopic (exact) mass is 324 g/mol. The summed E-state index contributed by atoms with van der Waals surface area (Å²) in [6.07, 6.45) is 0.348. The molecule has 2 aliphatic rings. The van der Waals surface area contributed by atoms with Gasteiger partial charge >= 0.3 is 0 Å². The molecule has 0 aromatic heterocycles. The zero-order valence-corrected chi connectivity index (χ0v) is 13.6. The average molecular weight is 324 g/mol. The molecule has 0 aliphatic carbocycles. The molecule has 120 valence electrons. The van der Waals surface area contributed by atoms with Crippen molar-refractivity contribution >= 4 is 21.6 Å². The largest absolute Gasteiger partial charge is 0.379 e. The highest BCUT2D eigenvalue weighted by molar-refractivity contribution is 7.89. The van der Waals surface area contributed by atoms with Crippen LogP contribution in [-0.4, -0.2) is 44.9 Å². The van der Waals surface area contributed by atoms with Gasteiger partial charge in [0, 0.05) is 30.6 Å². The Morgan fingerprint density at radius 2 is 1.91 bits per heavy atom. The van der Waals surface area contributed by atoms with Crippen LogP contribution in [0.5, 0.6) is 0 Å². The first-order valence-electron chi connectivity index (χ1n) is 7.33. The van der Waals surface area contributed by atoms with Crippen molar-refractivity contribution in [2.45, 2.75) is 30.6 Å². The molecule has 1 amide bonds. The molecule has 1 N–H and O–H groups in total. The molecule has 0 radical (unpaired) electrons. The first-order chi connectivity index (χ1) is 10.3. The molecule has 2 heterocycles. The second-order valence-electron chi connectivity index (χ2n) is 6.33. The Bertz CT molecular complexity index is 706. The zero-order valence-electron chi connectivity index (χ0n) is 12.8. The molecular formula is C15H20N2O4S. The van der Waals surface area contributed by atoms with Crippen LogP contribution in [0.15, 0.2) is 23.1 Å². The summed E-state index contributed by atoms with van der Waals surface area (Å²) < 4.78 is 32.1. The first-order valence-corrected chi connectivity index (χ1v) is 8.77. The summed E-state index contributed by atoms with van der Waals surface area (Å²) in [5.74, 6) is -0.0405. The van der Waals surface area contributed by atoms with E-state index in [2.05, 4.69) is 5.32 Å². The van der Waals surface area contributed by atoms with Crippen molar-refractivity contribution in [3.63, 3.8) is 0 Å². The molecule has 6 nitrogen and oxygen atoms in total. The molecule has 7 heteroatoms. The van der Waals surface area contributed by atoms with Crippen LogP contribution in [0, 0.1) is 0 Å². The maximum absolute atomic E-state index is 12.7. The fourth-order valence-corrected chi connectivity index (χ4v) is 4.41. The van der Waals surface area contributed by atoms with Crippen LogP contribution in [0.2, 0.25) is 0 Å². The first kappa shape index (κ1) is 15.5. The summed E-state index contributed by atoms with van der Waals surface area (Å²) in [6.45, 7) is 5.50. The molecule has 1 fully saturated rings. The fourth-order valence-electron chi connectivity index (χ4n) is 2.98. The summed E-state index contributed by atoms with van der Waals surface area (Å²) in [6, 6.07) is 4.94. The number of rotatable bonds is 2. The van der Waals surface area contributed by atoms with Gasteiger partial charge in [-0.2, -0.15) is 4.31 Å². The summed E-state index contributed by atoms with van der Waals surface area (Å²) in [4.78, 5) is 12.0. The molecule has 1 aromatic rings. The third kappa shape index (κ3) is 2.64. The second kappa shape index (κ2) is 5.33. The van der Waals surface area contributed by atoms with Crippen molar-refractivity contribution in [1.82, 2.24) is 4.31 Å². The molecule has 0 saturated carbocycles. The van der Waals surface area contributed by atoms with Crippen molar-refractivity contribution in [2.75, 3.05) is 31.6 Å². The van der Waals surface area contributed by atoms with Crippen LogP contribution in [-0.2, 0) is 25.0 Å². The van der Waals surface area contributed by atoms with E-state index in [0.29, 0.717) is 38.4 Å². The summed E-state index contributed by atoms with van der Waals surface area (Å²) in [5, 5.41) is 2.81.